The zero-order valence-electron chi connectivity index (χ0n) is 8.43. The van der Waals surface area contributed by atoms with Crippen molar-refractivity contribution in [3.63, 3.8) is 0 Å². The average Bonchev–Trinajstić information content (AvgIpc) is 2.01. The van der Waals surface area contributed by atoms with Gasteiger partial charge in [0, 0.05) is 6.54 Å². The third-order valence-corrected chi connectivity index (χ3v) is 1.78. The quantitative estimate of drug-likeness (QED) is 0.565. The minimum atomic E-state index is -3.26. The Balaban J connectivity index is 0. The van der Waals surface area contributed by atoms with Gasteiger partial charge in [-0.3, -0.25) is 4.79 Å². The Kier molecular flexibility index (Phi) is 8.31. The number of amides is 1. The fourth-order valence-electron chi connectivity index (χ4n) is 0.310. The molecule has 84 valence electrons. The van der Waals surface area contributed by atoms with Crippen molar-refractivity contribution in [2.75, 3.05) is 26.4 Å². The molecule has 0 fully saturated rings. The molecule has 0 radical (unpaired) electrons. The van der Waals surface area contributed by atoms with Gasteiger partial charge in [0.25, 0.3) is 0 Å². The van der Waals surface area contributed by atoms with Crippen LogP contribution < -0.4 is 10.9 Å². The van der Waals surface area contributed by atoms with Gasteiger partial charge in [0.1, 0.15) is 0 Å². The van der Waals surface area contributed by atoms with Crippen molar-refractivity contribution in [1.29, 1.82) is 0 Å². The molecule has 0 aromatic carbocycles. The van der Waals surface area contributed by atoms with Gasteiger partial charge in [0.2, 0.25) is 15.9 Å². The van der Waals surface area contributed by atoms with E-state index in [1.165, 1.54) is 0 Å². The molecule has 14 heavy (non-hydrogen) atoms. The first-order chi connectivity index (χ1) is 6.19. The first-order valence-electron chi connectivity index (χ1n) is 3.76. The number of nitrogens with zero attached hydrogens (tertiary/aromatic N) is 1. The Labute approximate surface area is 84.6 Å². The van der Waals surface area contributed by atoms with Gasteiger partial charge >= 0.3 is 0 Å². The second kappa shape index (κ2) is 7.48. The molecule has 0 aliphatic rings. The Morgan fingerprint density at radius 1 is 1.50 bits per heavy atom. The number of carbonyl (C=O) groups excluding carboxylic acids is 1. The number of primary amides is 1. The largest absolute Gasteiger partial charge is 0.366 e. The summed E-state index contributed by atoms with van der Waals surface area (Å²) in [5.41, 5.74) is 4.53. The highest BCUT2D eigenvalue weighted by atomic mass is 32.2. The predicted molar refractivity (Wildman–Crippen MR) is 55.9 cm³/mol. The van der Waals surface area contributed by atoms with Crippen molar-refractivity contribution in [2.24, 2.45) is 10.9 Å². The van der Waals surface area contributed by atoms with Gasteiger partial charge in [-0.1, -0.05) is 6.58 Å². The fraction of sp³-hybridized carbons (Fsp3) is 0.571. The van der Waals surface area contributed by atoms with Crippen molar-refractivity contribution in [3.8, 4) is 0 Å². The SMILES string of the molecule is C=CC(N)=O.CN(C)CCS(N)(=O)=O. The zero-order chi connectivity index (χ0) is 11.8. The molecule has 0 aromatic rings. The standard InChI is InChI=1S/C4H12N2O2S.C3H5NO/c1-6(2)3-4-9(5,7)8;1-2-3(4)5/h3-4H2,1-2H3,(H2,5,7,8);2H,1H2,(H2,4,5). The van der Waals surface area contributed by atoms with Crippen LogP contribution in [0.1, 0.15) is 0 Å². The van der Waals surface area contributed by atoms with E-state index in [0.717, 1.165) is 6.08 Å². The number of carbonyl (C=O) groups is 1. The molecule has 0 rings (SSSR count). The van der Waals surface area contributed by atoms with Gasteiger partial charge in [-0.05, 0) is 20.2 Å². The molecule has 0 bridgehead atoms. The summed E-state index contributed by atoms with van der Waals surface area (Å²) in [4.78, 5) is 11.2. The normalized spacial score (nSPS) is 10.3. The van der Waals surface area contributed by atoms with Crippen LogP contribution in [0.15, 0.2) is 12.7 Å². The van der Waals surface area contributed by atoms with Crippen molar-refractivity contribution in [2.45, 2.75) is 0 Å². The second-order valence-corrected chi connectivity index (χ2v) is 4.51. The van der Waals surface area contributed by atoms with Crippen LogP contribution >= 0.6 is 0 Å². The summed E-state index contributed by atoms with van der Waals surface area (Å²) in [6.45, 7) is 3.57. The third kappa shape index (κ3) is 22.5. The van der Waals surface area contributed by atoms with Gasteiger partial charge in [-0.25, -0.2) is 13.6 Å². The average molecular weight is 223 g/mol. The Bertz CT molecular complexity index is 272. The lowest BCUT2D eigenvalue weighted by Gasteiger charge is -2.06. The summed E-state index contributed by atoms with van der Waals surface area (Å²) in [5.74, 6) is -0.454. The maximum Gasteiger partial charge on any atom is 0.240 e. The third-order valence-electron chi connectivity index (χ3n) is 1.02. The number of rotatable bonds is 4. The summed E-state index contributed by atoms with van der Waals surface area (Å²) in [6.07, 6.45) is 1.06. The molecule has 0 saturated heterocycles. The summed E-state index contributed by atoms with van der Waals surface area (Å²) < 4.78 is 20.6. The van der Waals surface area contributed by atoms with E-state index in [1.807, 2.05) is 0 Å². The van der Waals surface area contributed by atoms with E-state index in [0.29, 0.717) is 6.54 Å². The van der Waals surface area contributed by atoms with Gasteiger partial charge in [0.15, 0.2) is 0 Å². The lowest BCUT2D eigenvalue weighted by molar-refractivity contribution is -0.113. The number of primary sulfonamides is 1. The van der Waals surface area contributed by atoms with E-state index >= 15 is 0 Å². The van der Waals surface area contributed by atoms with E-state index in [1.54, 1.807) is 19.0 Å². The molecule has 0 aliphatic heterocycles. The summed E-state index contributed by atoms with van der Waals surface area (Å²) >= 11 is 0. The van der Waals surface area contributed by atoms with E-state index in [-0.39, 0.29) is 5.75 Å². The summed E-state index contributed by atoms with van der Waals surface area (Å²) in [5, 5.41) is 4.73. The highest BCUT2D eigenvalue weighted by molar-refractivity contribution is 7.89. The van der Waals surface area contributed by atoms with Gasteiger partial charge < -0.3 is 10.6 Å². The van der Waals surface area contributed by atoms with Crippen molar-refractivity contribution < 1.29 is 13.2 Å². The van der Waals surface area contributed by atoms with Crippen LogP contribution in [-0.2, 0) is 14.8 Å². The molecular weight excluding hydrogens is 206 g/mol. The van der Waals surface area contributed by atoms with Gasteiger partial charge in [0.05, 0.1) is 5.75 Å². The maximum absolute atomic E-state index is 10.3. The minimum Gasteiger partial charge on any atom is -0.366 e. The molecule has 0 saturated carbocycles. The van der Waals surface area contributed by atoms with E-state index in [9.17, 15) is 13.2 Å². The number of hydrogen-bond donors (Lipinski definition) is 2. The van der Waals surface area contributed by atoms with Crippen LogP contribution in [0.3, 0.4) is 0 Å². The lowest BCUT2D eigenvalue weighted by atomic mass is 10.6. The van der Waals surface area contributed by atoms with Crippen molar-refractivity contribution >= 4 is 15.9 Å². The van der Waals surface area contributed by atoms with Crippen molar-refractivity contribution in [1.82, 2.24) is 4.90 Å². The Morgan fingerprint density at radius 3 is 1.93 bits per heavy atom. The first-order valence-corrected chi connectivity index (χ1v) is 5.47. The fourth-order valence-corrected chi connectivity index (χ4v) is 0.929. The number of sulfonamides is 1. The smallest absolute Gasteiger partial charge is 0.240 e. The number of hydrogen-bond acceptors (Lipinski definition) is 4. The van der Waals surface area contributed by atoms with Crippen molar-refractivity contribution in [3.05, 3.63) is 12.7 Å². The Morgan fingerprint density at radius 2 is 1.86 bits per heavy atom. The number of nitrogens with two attached hydrogens (primary N) is 2. The van der Waals surface area contributed by atoms with Crippen LogP contribution in [0.4, 0.5) is 0 Å². The molecule has 4 N–H and O–H groups in total. The van der Waals surface area contributed by atoms with Crippen LogP contribution in [0.5, 0.6) is 0 Å². The Hall–Kier alpha value is -0.920. The molecule has 0 atom stereocenters. The summed E-state index contributed by atoms with van der Waals surface area (Å²) in [7, 11) is 0.333. The summed E-state index contributed by atoms with van der Waals surface area (Å²) in [6, 6.07) is 0. The lowest BCUT2D eigenvalue weighted by Crippen LogP contribution is -2.26. The first kappa shape index (κ1) is 15.5. The molecule has 7 heteroatoms. The molecule has 6 nitrogen and oxygen atoms in total. The molecule has 0 spiro atoms. The minimum absolute atomic E-state index is 0.0278. The van der Waals surface area contributed by atoms with E-state index in [2.05, 4.69) is 12.3 Å². The molecule has 0 aliphatic carbocycles. The molecular formula is C7H17N3O3S. The van der Waals surface area contributed by atoms with E-state index in [4.69, 9.17) is 5.14 Å². The van der Waals surface area contributed by atoms with Crippen LogP contribution in [0.25, 0.3) is 0 Å². The molecule has 0 aromatic heterocycles. The predicted octanol–water partition coefficient (Wildman–Crippen LogP) is -1.51. The van der Waals surface area contributed by atoms with Crippen LogP contribution in [0.2, 0.25) is 0 Å². The topological polar surface area (TPSA) is 106 Å². The maximum atomic E-state index is 10.3. The van der Waals surface area contributed by atoms with E-state index < -0.39 is 15.9 Å². The highest BCUT2D eigenvalue weighted by Crippen LogP contribution is 1.79. The van der Waals surface area contributed by atoms with Gasteiger partial charge in [-0.15, -0.1) is 0 Å². The molecule has 0 unspecified atom stereocenters. The monoisotopic (exact) mass is 223 g/mol. The van der Waals surface area contributed by atoms with Crippen LogP contribution in [0, 0.1) is 0 Å². The highest BCUT2D eigenvalue weighted by Gasteiger charge is 2.01. The molecule has 0 heterocycles. The molecule has 1 amide bonds. The second-order valence-electron chi connectivity index (χ2n) is 2.78. The van der Waals surface area contributed by atoms with Crippen LogP contribution in [-0.4, -0.2) is 45.6 Å². The van der Waals surface area contributed by atoms with Gasteiger partial charge in [-0.2, -0.15) is 0 Å². The zero-order valence-corrected chi connectivity index (χ0v) is 9.25.